The van der Waals surface area contributed by atoms with E-state index in [0.29, 0.717) is 11.6 Å². The van der Waals surface area contributed by atoms with Gasteiger partial charge in [-0.15, -0.1) is 9.90 Å². The Hall–Kier alpha value is -1.85. The van der Waals surface area contributed by atoms with E-state index in [0.717, 1.165) is 0 Å². The quantitative estimate of drug-likeness (QED) is 0.612. The van der Waals surface area contributed by atoms with Gasteiger partial charge in [0.15, 0.2) is 5.82 Å². The van der Waals surface area contributed by atoms with Gasteiger partial charge in [-0.05, 0) is 0 Å². The van der Waals surface area contributed by atoms with Crippen molar-refractivity contribution in [3.63, 3.8) is 0 Å². The number of hydrogen-bond acceptors (Lipinski definition) is 5. The molecule has 0 saturated carbocycles. The lowest BCUT2D eigenvalue weighted by atomic mass is 10.7. The van der Waals surface area contributed by atoms with Crippen LogP contribution >= 0.6 is 0 Å². The molecule has 2 N–H and O–H groups in total. The second-order valence-corrected chi connectivity index (χ2v) is 1.92. The molecule has 2 heterocycles. The SMILES string of the molecule is Nc1cnn(-c2ccon2)n1. The van der Waals surface area contributed by atoms with Crippen LogP contribution in [0.5, 0.6) is 0 Å². The molecule has 0 aliphatic carbocycles. The van der Waals surface area contributed by atoms with Crippen LogP contribution < -0.4 is 5.73 Å². The van der Waals surface area contributed by atoms with Crippen LogP contribution in [0.4, 0.5) is 5.82 Å². The Morgan fingerprint density at radius 2 is 2.45 bits per heavy atom. The lowest BCUT2D eigenvalue weighted by Gasteiger charge is -1.87. The van der Waals surface area contributed by atoms with Crippen molar-refractivity contribution in [2.24, 2.45) is 0 Å². The lowest BCUT2D eigenvalue weighted by molar-refractivity contribution is 0.412. The first-order chi connectivity index (χ1) is 5.36. The van der Waals surface area contributed by atoms with E-state index < -0.39 is 0 Å². The second-order valence-electron chi connectivity index (χ2n) is 1.92. The van der Waals surface area contributed by atoms with Gasteiger partial charge in [0, 0.05) is 6.07 Å². The van der Waals surface area contributed by atoms with Crippen molar-refractivity contribution in [2.45, 2.75) is 0 Å². The molecule has 0 radical (unpaired) electrons. The first-order valence-corrected chi connectivity index (χ1v) is 2.95. The second kappa shape index (κ2) is 2.08. The van der Waals surface area contributed by atoms with E-state index in [1.807, 2.05) is 0 Å². The van der Waals surface area contributed by atoms with Gasteiger partial charge in [-0.3, -0.25) is 0 Å². The Labute approximate surface area is 61.6 Å². The van der Waals surface area contributed by atoms with Crippen molar-refractivity contribution in [3.8, 4) is 5.82 Å². The maximum absolute atomic E-state index is 5.33. The van der Waals surface area contributed by atoms with Gasteiger partial charge in [-0.2, -0.15) is 5.10 Å². The minimum atomic E-state index is 0.355. The molecule has 2 aromatic heterocycles. The predicted octanol–water partition coefficient (Wildman–Crippen LogP) is -0.163. The molecule has 2 aromatic rings. The molecule has 0 saturated heterocycles. The highest BCUT2D eigenvalue weighted by atomic mass is 16.5. The summed E-state index contributed by atoms with van der Waals surface area (Å²) in [6, 6.07) is 1.64. The molecule has 0 amide bonds. The Morgan fingerprint density at radius 1 is 1.55 bits per heavy atom. The third-order valence-corrected chi connectivity index (χ3v) is 1.14. The molecule has 0 spiro atoms. The summed E-state index contributed by atoms with van der Waals surface area (Å²) in [6.07, 6.45) is 2.88. The largest absolute Gasteiger partial charge is 0.381 e. The fourth-order valence-corrected chi connectivity index (χ4v) is 0.695. The Kier molecular flexibility index (Phi) is 1.12. The summed E-state index contributed by atoms with van der Waals surface area (Å²) < 4.78 is 4.59. The summed E-state index contributed by atoms with van der Waals surface area (Å²) in [4.78, 5) is 1.29. The van der Waals surface area contributed by atoms with Crippen LogP contribution in [0.1, 0.15) is 0 Å². The smallest absolute Gasteiger partial charge is 0.216 e. The fraction of sp³-hybridized carbons (Fsp3) is 0. The van der Waals surface area contributed by atoms with Gasteiger partial charge in [-0.25, -0.2) is 0 Å². The Morgan fingerprint density at radius 3 is 3.00 bits per heavy atom. The predicted molar refractivity (Wildman–Crippen MR) is 35.8 cm³/mol. The first-order valence-electron chi connectivity index (χ1n) is 2.95. The van der Waals surface area contributed by atoms with Crippen LogP contribution in [0.15, 0.2) is 23.0 Å². The maximum Gasteiger partial charge on any atom is 0.216 e. The van der Waals surface area contributed by atoms with Crippen molar-refractivity contribution in [1.82, 2.24) is 20.2 Å². The number of nitrogens with two attached hydrogens (primary N) is 1. The minimum absolute atomic E-state index is 0.355. The monoisotopic (exact) mass is 151 g/mol. The van der Waals surface area contributed by atoms with Crippen molar-refractivity contribution in [2.75, 3.05) is 5.73 Å². The summed E-state index contributed by atoms with van der Waals surface area (Å²) in [5, 5.41) is 11.2. The molecule has 6 nitrogen and oxygen atoms in total. The van der Waals surface area contributed by atoms with Crippen LogP contribution in [0.2, 0.25) is 0 Å². The first kappa shape index (κ1) is 5.90. The normalized spacial score (nSPS) is 10.2. The van der Waals surface area contributed by atoms with Crippen LogP contribution in [-0.4, -0.2) is 20.2 Å². The third kappa shape index (κ3) is 0.936. The Bertz CT molecular complexity index is 337. The van der Waals surface area contributed by atoms with Gasteiger partial charge in [0.2, 0.25) is 5.82 Å². The number of nitrogen functional groups attached to an aromatic ring is 1. The van der Waals surface area contributed by atoms with E-state index in [1.165, 1.54) is 17.3 Å². The molecule has 0 fully saturated rings. The molecule has 0 aliphatic heterocycles. The van der Waals surface area contributed by atoms with Crippen molar-refractivity contribution < 1.29 is 4.52 Å². The van der Waals surface area contributed by atoms with Gasteiger partial charge in [0.1, 0.15) is 6.26 Å². The third-order valence-electron chi connectivity index (χ3n) is 1.14. The van der Waals surface area contributed by atoms with Crippen molar-refractivity contribution >= 4 is 5.82 Å². The van der Waals surface area contributed by atoms with E-state index in [1.54, 1.807) is 6.07 Å². The summed E-state index contributed by atoms with van der Waals surface area (Å²) >= 11 is 0. The van der Waals surface area contributed by atoms with E-state index in [4.69, 9.17) is 5.73 Å². The lowest BCUT2D eigenvalue weighted by Crippen LogP contribution is -1.98. The standard InChI is InChI=1S/C5H5N5O/c6-4-3-7-10(8-4)5-1-2-11-9-5/h1-3H,(H2,6,8). The highest BCUT2D eigenvalue weighted by Gasteiger charge is 2.01. The maximum atomic E-state index is 5.33. The molecular formula is C5H5N5O. The molecule has 0 aromatic carbocycles. The van der Waals surface area contributed by atoms with E-state index >= 15 is 0 Å². The fourth-order valence-electron chi connectivity index (χ4n) is 0.695. The molecule has 0 unspecified atom stereocenters. The summed E-state index contributed by atoms with van der Waals surface area (Å²) in [7, 11) is 0. The van der Waals surface area contributed by atoms with Gasteiger partial charge in [-0.1, -0.05) is 5.16 Å². The topological polar surface area (TPSA) is 82.8 Å². The zero-order valence-electron chi connectivity index (χ0n) is 5.51. The van der Waals surface area contributed by atoms with Crippen LogP contribution in [0.3, 0.4) is 0 Å². The van der Waals surface area contributed by atoms with Gasteiger partial charge in [0.25, 0.3) is 0 Å². The summed E-state index contributed by atoms with van der Waals surface area (Å²) in [5.41, 5.74) is 5.33. The van der Waals surface area contributed by atoms with Crippen molar-refractivity contribution in [3.05, 3.63) is 18.5 Å². The molecule has 2 rings (SSSR count). The molecule has 0 bridgehead atoms. The zero-order chi connectivity index (χ0) is 7.68. The van der Waals surface area contributed by atoms with Gasteiger partial charge in [0.05, 0.1) is 6.20 Å². The number of hydrogen-bond donors (Lipinski definition) is 1. The molecular weight excluding hydrogens is 146 g/mol. The average Bonchev–Trinajstić information content (AvgIpc) is 2.55. The Balaban J connectivity index is 2.45. The molecule has 11 heavy (non-hydrogen) atoms. The number of anilines is 1. The summed E-state index contributed by atoms with van der Waals surface area (Å²) in [5.74, 6) is 0.870. The van der Waals surface area contributed by atoms with E-state index in [9.17, 15) is 0 Å². The highest BCUT2D eigenvalue weighted by Crippen LogP contribution is 2.00. The zero-order valence-corrected chi connectivity index (χ0v) is 5.51. The molecule has 6 heteroatoms. The van der Waals surface area contributed by atoms with Crippen LogP contribution in [-0.2, 0) is 0 Å². The van der Waals surface area contributed by atoms with Gasteiger partial charge >= 0.3 is 0 Å². The summed E-state index contributed by atoms with van der Waals surface area (Å²) in [6.45, 7) is 0. The van der Waals surface area contributed by atoms with Crippen LogP contribution in [0, 0.1) is 0 Å². The van der Waals surface area contributed by atoms with Crippen LogP contribution in [0.25, 0.3) is 5.82 Å². The number of aromatic nitrogens is 4. The van der Waals surface area contributed by atoms with Crippen molar-refractivity contribution in [1.29, 1.82) is 0 Å². The number of rotatable bonds is 1. The molecule has 0 aliphatic rings. The van der Waals surface area contributed by atoms with E-state index in [2.05, 4.69) is 19.9 Å². The van der Waals surface area contributed by atoms with Gasteiger partial charge < -0.3 is 10.3 Å². The molecule has 0 atom stereocenters. The minimum Gasteiger partial charge on any atom is -0.381 e. The van der Waals surface area contributed by atoms with E-state index in [-0.39, 0.29) is 0 Å². The highest BCUT2D eigenvalue weighted by molar-refractivity contribution is 5.23. The average molecular weight is 151 g/mol. The number of nitrogens with zero attached hydrogens (tertiary/aromatic N) is 4. The molecule has 56 valence electrons.